The number of carbonyl (C=O) groups is 1. The number of nitrogens with zero attached hydrogens (tertiary/aromatic N) is 2. The van der Waals surface area contributed by atoms with Crippen LogP contribution in [-0.2, 0) is 9.53 Å². The summed E-state index contributed by atoms with van der Waals surface area (Å²) in [4.78, 5) is 16.5. The van der Waals surface area contributed by atoms with Crippen LogP contribution in [0.4, 0.5) is 0 Å². The van der Waals surface area contributed by atoms with Crippen molar-refractivity contribution in [3.63, 3.8) is 0 Å². The van der Waals surface area contributed by atoms with Gasteiger partial charge >= 0.3 is 5.97 Å². The standard InChI is InChI=1S/C15H31N3O2/c1-6-13(15(19)20-5)16-11-14(12(2)3)18-9-7-17(4)8-10-18/h12-14,16H,6-11H2,1-5H3. The Hall–Kier alpha value is -0.650. The zero-order valence-corrected chi connectivity index (χ0v) is 13.7. The first-order valence-electron chi connectivity index (χ1n) is 7.73. The molecule has 1 saturated heterocycles. The molecule has 1 N–H and O–H groups in total. The summed E-state index contributed by atoms with van der Waals surface area (Å²) in [5, 5.41) is 3.38. The first-order chi connectivity index (χ1) is 9.49. The van der Waals surface area contributed by atoms with Crippen molar-refractivity contribution in [3.05, 3.63) is 0 Å². The van der Waals surface area contributed by atoms with Gasteiger partial charge in [0.2, 0.25) is 0 Å². The number of hydrogen-bond acceptors (Lipinski definition) is 5. The topological polar surface area (TPSA) is 44.8 Å². The highest BCUT2D eigenvalue weighted by atomic mass is 16.5. The summed E-state index contributed by atoms with van der Waals surface area (Å²) in [6, 6.07) is 0.288. The number of rotatable bonds is 7. The van der Waals surface area contributed by atoms with Gasteiger partial charge in [-0.05, 0) is 19.4 Å². The molecule has 0 aromatic heterocycles. The van der Waals surface area contributed by atoms with Crippen LogP contribution in [0.2, 0.25) is 0 Å². The van der Waals surface area contributed by atoms with Crippen LogP contribution in [-0.4, -0.2) is 74.7 Å². The van der Waals surface area contributed by atoms with Crippen LogP contribution in [0.25, 0.3) is 0 Å². The van der Waals surface area contributed by atoms with Crippen molar-refractivity contribution >= 4 is 5.97 Å². The van der Waals surface area contributed by atoms with E-state index in [-0.39, 0.29) is 12.0 Å². The molecule has 5 heteroatoms. The molecule has 20 heavy (non-hydrogen) atoms. The van der Waals surface area contributed by atoms with Crippen LogP contribution < -0.4 is 5.32 Å². The van der Waals surface area contributed by atoms with Crippen molar-refractivity contribution in [2.24, 2.45) is 5.92 Å². The van der Waals surface area contributed by atoms with Crippen molar-refractivity contribution in [2.75, 3.05) is 46.9 Å². The molecular weight excluding hydrogens is 254 g/mol. The molecule has 2 atom stereocenters. The monoisotopic (exact) mass is 285 g/mol. The van der Waals surface area contributed by atoms with Crippen LogP contribution in [0.1, 0.15) is 27.2 Å². The normalized spacial score (nSPS) is 20.9. The van der Waals surface area contributed by atoms with Crippen molar-refractivity contribution < 1.29 is 9.53 Å². The molecule has 1 fully saturated rings. The zero-order chi connectivity index (χ0) is 15.1. The smallest absolute Gasteiger partial charge is 0.322 e. The van der Waals surface area contributed by atoms with Gasteiger partial charge in [0.15, 0.2) is 0 Å². The summed E-state index contributed by atoms with van der Waals surface area (Å²) in [6.07, 6.45) is 0.764. The Kier molecular flexibility index (Phi) is 7.48. The van der Waals surface area contributed by atoms with Gasteiger partial charge in [-0.3, -0.25) is 9.69 Å². The lowest BCUT2D eigenvalue weighted by molar-refractivity contribution is -0.143. The molecule has 1 rings (SSSR count). The molecule has 1 heterocycles. The summed E-state index contributed by atoms with van der Waals surface area (Å²) >= 11 is 0. The van der Waals surface area contributed by atoms with E-state index in [1.807, 2.05) is 6.92 Å². The van der Waals surface area contributed by atoms with Gasteiger partial charge in [0.05, 0.1) is 7.11 Å². The van der Waals surface area contributed by atoms with Crippen molar-refractivity contribution in [1.29, 1.82) is 0 Å². The molecule has 5 nitrogen and oxygen atoms in total. The van der Waals surface area contributed by atoms with E-state index in [0.717, 1.165) is 39.1 Å². The van der Waals surface area contributed by atoms with Crippen molar-refractivity contribution in [1.82, 2.24) is 15.1 Å². The number of nitrogens with one attached hydrogen (secondary N) is 1. The average Bonchev–Trinajstić information content (AvgIpc) is 2.44. The highest BCUT2D eigenvalue weighted by molar-refractivity contribution is 5.75. The van der Waals surface area contributed by atoms with E-state index in [2.05, 4.69) is 36.0 Å². The minimum Gasteiger partial charge on any atom is -0.468 e. The Labute approximate surface area is 123 Å². The van der Waals surface area contributed by atoms with E-state index in [9.17, 15) is 4.79 Å². The summed E-state index contributed by atoms with van der Waals surface area (Å²) in [7, 11) is 3.62. The minimum absolute atomic E-state index is 0.159. The third kappa shape index (κ3) is 5.04. The number of hydrogen-bond donors (Lipinski definition) is 1. The van der Waals surface area contributed by atoms with Gasteiger partial charge in [-0.1, -0.05) is 20.8 Å². The van der Waals surface area contributed by atoms with E-state index in [1.165, 1.54) is 7.11 Å². The Balaban J connectivity index is 2.52. The van der Waals surface area contributed by atoms with Gasteiger partial charge in [-0.2, -0.15) is 0 Å². The molecule has 0 aromatic carbocycles. The maximum absolute atomic E-state index is 11.6. The fourth-order valence-corrected chi connectivity index (χ4v) is 2.74. The van der Waals surface area contributed by atoms with Crippen LogP contribution in [0.3, 0.4) is 0 Å². The molecule has 2 unspecified atom stereocenters. The quantitative estimate of drug-likeness (QED) is 0.701. The van der Waals surface area contributed by atoms with Crippen LogP contribution in [0.5, 0.6) is 0 Å². The summed E-state index contributed by atoms with van der Waals surface area (Å²) in [6.45, 7) is 11.8. The highest BCUT2D eigenvalue weighted by Crippen LogP contribution is 2.13. The highest BCUT2D eigenvalue weighted by Gasteiger charge is 2.26. The Bertz CT molecular complexity index is 289. The van der Waals surface area contributed by atoms with Crippen LogP contribution >= 0.6 is 0 Å². The maximum atomic E-state index is 11.6. The maximum Gasteiger partial charge on any atom is 0.322 e. The van der Waals surface area contributed by atoms with Gasteiger partial charge in [-0.25, -0.2) is 0 Å². The van der Waals surface area contributed by atoms with Gasteiger partial charge in [0.25, 0.3) is 0 Å². The molecule has 0 radical (unpaired) electrons. The number of likely N-dealkylation sites (N-methyl/N-ethyl adjacent to an activating group) is 1. The lowest BCUT2D eigenvalue weighted by Crippen LogP contribution is -2.55. The Morgan fingerprint density at radius 1 is 1.25 bits per heavy atom. The second-order valence-electron chi connectivity index (χ2n) is 6.04. The largest absolute Gasteiger partial charge is 0.468 e. The molecule has 0 saturated carbocycles. The Morgan fingerprint density at radius 3 is 2.30 bits per heavy atom. The second-order valence-corrected chi connectivity index (χ2v) is 6.04. The first kappa shape index (κ1) is 17.4. The van der Waals surface area contributed by atoms with Gasteiger partial charge in [0, 0.05) is 38.8 Å². The summed E-state index contributed by atoms with van der Waals surface area (Å²) in [5.41, 5.74) is 0. The van der Waals surface area contributed by atoms with E-state index >= 15 is 0 Å². The SMILES string of the molecule is CCC(NCC(C(C)C)N1CCN(C)CC1)C(=O)OC. The lowest BCUT2D eigenvalue weighted by atomic mass is 10.0. The number of esters is 1. The average molecular weight is 285 g/mol. The summed E-state index contributed by atoms with van der Waals surface area (Å²) in [5.74, 6) is 0.412. The van der Waals surface area contributed by atoms with Gasteiger partial charge in [-0.15, -0.1) is 0 Å². The predicted octanol–water partition coefficient (Wildman–Crippen LogP) is 0.800. The summed E-state index contributed by atoms with van der Waals surface area (Å²) < 4.78 is 4.83. The number of ether oxygens (including phenoxy) is 1. The van der Waals surface area contributed by atoms with Crippen molar-refractivity contribution in [3.8, 4) is 0 Å². The molecule has 0 aliphatic carbocycles. The predicted molar refractivity (Wildman–Crippen MR) is 81.8 cm³/mol. The van der Waals surface area contributed by atoms with Crippen LogP contribution in [0, 0.1) is 5.92 Å². The number of piperazine rings is 1. The third-order valence-electron chi connectivity index (χ3n) is 4.24. The van der Waals surface area contributed by atoms with Gasteiger partial charge in [0.1, 0.15) is 6.04 Å². The lowest BCUT2D eigenvalue weighted by Gasteiger charge is -2.40. The van der Waals surface area contributed by atoms with Crippen molar-refractivity contribution in [2.45, 2.75) is 39.3 Å². The molecule has 1 aliphatic heterocycles. The minimum atomic E-state index is -0.186. The zero-order valence-electron chi connectivity index (χ0n) is 13.7. The molecule has 1 aliphatic rings. The van der Waals surface area contributed by atoms with E-state index in [1.54, 1.807) is 0 Å². The third-order valence-corrected chi connectivity index (χ3v) is 4.24. The molecule has 118 valence electrons. The van der Waals surface area contributed by atoms with E-state index in [0.29, 0.717) is 12.0 Å². The number of carbonyl (C=O) groups excluding carboxylic acids is 1. The first-order valence-corrected chi connectivity index (χ1v) is 7.73. The van der Waals surface area contributed by atoms with Crippen LogP contribution in [0.15, 0.2) is 0 Å². The van der Waals surface area contributed by atoms with E-state index < -0.39 is 0 Å². The van der Waals surface area contributed by atoms with E-state index in [4.69, 9.17) is 4.74 Å². The number of methoxy groups -OCH3 is 1. The molecular formula is C15H31N3O2. The fourth-order valence-electron chi connectivity index (χ4n) is 2.74. The Morgan fingerprint density at radius 2 is 1.85 bits per heavy atom. The molecule has 0 bridgehead atoms. The fraction of sp³-hybridized carbons (Fsp3) is 0.933. The molecule has 0 aromatic rings. The van der Waals surface area contributed by atoms with Gasteiger partial charge < -0.3 is 15.0 Å². The second kappa shape index (κ2) is 8.60. The molecule has 0 amide bonds. The molecule has 0 spiro atoms.